The summed E-state index contributed by atoms with van der Waals surface area (Å²) in [6, 6.07) is 17.4. The zero-order valence-electron chi connectivity index (χ0n) is 19.6. The minimum absolute atomic E-state index is 0.175. The van der Waals surface area contributed by atoms with Crippen LogP contribution in [0.3, 0.4) is 0 Å². The third-order valence-corrected chi connectivity index (χ3v) is 6.86. The predicted molar refractivity (Wildman–Crippen MR) is 125 cm³/mol. The van der Waals surface area contributed by atoms with Crippen LogP contribution in [0, 0.1) is 11.3 Å². The molecule has 10 nitrogen and oxygen atoms in total. The van der Waals surface area contributed by atoms with E-state index in [1.807, 2.05) is 6.07 Å². The lowest BCUT2D eigenvalue weighted by atomic mass is 9.95. The molecular weight excluding hydrogens is 475 g/mol. The normalized spacial score (nSPS) is 26.5. The van der Waals surface area contributed by atoms with E-state index in [1.165, 1.54) is 19.1 Å². The van der Waals surface area contributed by atoms with Crippen molar-refractivity contribution in [3.8, 4) is 11.8 Å². The number of rotatable bonds is 10. The average Bonchev–Trinajstić information content (AvgIpc) is 3.09. The number of carbonyl (C=O) groups is 1. The maximum absolute atomic E-state index is 13.7. The van der Waals surface area contributed by atoms with Crippen LogP contribution in [0.4, 0.5) is 0 Å². The molecule has 0 radical (unpaired) electrons. The Balaban J connectivity index is 1.82. The van der Waals surface area contributed by atoms with Gasteiger partial charge in [0.1, 0.15) is 42.8 Å². The van der Waals surface area contributed by atoms with Gasteiger partial charge in [-0.15, -0.1) is 0 Å². The molecule has 2 aromatic rings. The van der Waals surface area contributed by atoms with E-state index < -0.39 is 56.4 Å². The van der Waals surface area contributed by atoms with Gasteiger partial charge in [-0.1, -0.05) is 48.5 Å². The van der Waals surface area contributed by atoms with Gasteiger partial charge in [0.25, 0.3) is 0 Å². The molecule has 6 atom stereocenters. The number of benzene rings is 2. The maximum atomic E-state index is 13.7. The van der Waals surface area contributed by atoms with Crippen LogP contribution in [0.1, 0.15) is 32.4 Å². The van der Waals surface area contributed by atoms with Crippen LogP contribution >= 0.6 is 7.75 Å². The molecule has 0 aliphatic carbocycles. The minimum Gasteiger partial charge on any atom is -0.462 e. The first-order chi connectivity index (χ1) is 16.6. The van der Waals surface area contributed by atoms with Gasteiger partial charge in [-0.25, -0.2) is 4.57 Å². The molecule has 1 aliphatic rings. The van der Waals surface area contributed by atoms with Gasteiger partial charge < -0.3 is 24.2 Å². The molecule has 2 aromatic carbocycles. The highest BCUT2D eigenvalue weighted by Crippen LogP contribution is 2.48. The summed E-state index contributed by atoms with van der Waals surface area (Å²) in [7, 11) is -4.32. The van der Waals surface area contributed by atoms with Gasteiger partial charge in [0.15, 0.2) is 0 Å². The Kier molecular flexibility index (Phi) is 8.67. The number of aliphatic hydroxyl groups excluding tert-OH is 2. The fourth-order valence-electron chi connectivity index (χ4n) is 3.47. The fraction of sp³-hybridized carbons (Fsp3) is 0.417. The number of carbonyl (C=O) groups excluding carboxylic acids is 1. The van der Waals surface area contributed by atoms with Gasteiger partial charge in [-0.3, -0.25) is 9.32 Å². The maximum Gasteiger partial charge on any atom is 0.459 e. The first-order valence-corrected chi connectivity index (χ1v) is 12.6. The van der Waals surface area contributed by atoms with Crippen molar-refractivity contribution in [3.05, 3.63) is 66.2 Å². The highest BCUT2D eigenvalue weighted by molar-refractivity contribution is 7.52. The number of hydrogen-bond acceptors (Lipinski definition) is 9. The molecule has 0 saturated carbocycles. The van der Waals surface area contributed by atoms with Crippen molar-refractivity contribution < 1.29 is 38.1 Å². The fourth-order valence-corrected chi connectivity index (χ4v) is 5.00. The number of nitrogens with zero attached hydrogens (tertiary/aromatic N) is 1. The van der Waals surface area contributed by atoms with Crippen molar-refractivity contribution >= 4 is 13.7 Å². The largest absolute Gasteiger partial charge is 0.462 e. The molecule has 0 spiro atoms. The molecule has 0 amide bonds. The summed E-state index contributed by atoms with van der Waals surface area (Å²) in [6.45, 7) is 4.04. The van der Waals surface area contributed by atoms with Crippen LogP contribution in [-0.4, -0.2) is 52.7 Å². The predicted octanol–water partition coefficient (Wildman–Crippen LogP) is 2.88. The smallest absolute Gasteiger partial charge is 0.459 e. The molecule has 0 aromatic heterocycles. The zero-order valence-corrected chi connectivity index (χ0v) is 20.5. The van der Waals surface area contributed by atoms with Crippen LogP contribution in [-0.2, 0) is 23.4 Å². The number of hydrogen-bond donors (Lipinski definition) is 3. The summed E-state index contributed by atoms with van der Waals surface area (Å²) in [4.78, 5) is 12.3. The SMILES string of the molecule is CC(C)OC(=O)[C@H](C)N[P@](=O)(OC[C@@]1(C#N)O[C@@H](c2ccccc2)[C@H](O)[C@@H]1O)Oc1ccccc1. The van der Waals surface area contributed by atoms with E-state index in [0.29, 0.717) is 5.56 Å². The van der Waals surface area contributed by atoms with Crippen molar-refractivity contribution in [3.63, 3.8) is 0 Å². The Labute approximate surface area is 204 Å². The molecule has 0 unspecified atom stereocenters. The Morgan fingerprint density at radius 3 is 2.31 bits per heavy atom. The Morgan fingerprint density at radius 2 is 1.74 bits per heavy atom. The van der Waals surface area contributed by atoms with Crippen LogP contribution in [0.2, 0.25) is 0 Å². The first-order valence-electron chi connectivity index (χ1n) is 11.1. The average molecular weight is 504 g/mol. The topological polar surface area (TPSA) is 147 Å². The zero-order chi connectivity index (χ0) is 25.6. The summed E-state index contributed by atoms with van der Waals surface area (Å²) >= 11 is 0. The highest BCUT2D eigenvalue weighted by atomic mass is 31.2. The second kappa shape index (κ2) is 11.3. The molecule has 35 heavy (non-hydrogen) atoms. The van der Waals surface area contributed by atoms with Crippen molar-refractivity contribution in [2.45, 2.75) is 56.8 Å². The van der Waals surface area contributed by atoms with Gasteiger partial charge >= 0.3 is 13.7 Å². The summed E-state index contributed by atoms with van der Waals surface area (Å²) in [6.07, 6.45) is -4.53. The monoisotopic (exact) mass is 504 g/mol. The van der Waals surface area contributed by atoms with E-state index in [0.717, 1.165) is 0 Å². The van der Waals surface area contributed by atoms with Gasteiger partial charge in [0, 0.05) is 0 Å². The van der Waals surface area contributed by atoms with E-state index in [9.17, 15) is 24.8 Å². The first kappa shape index (κ1) is 26.8. The van der Waals surface area contributed by atoms with Gasteiger partial charge in [-0.2, -0.15) is 10.3 Å². The van der Waals surface area contributed by atoms with E-state index >= 15 is 0 Å². The number of nitrogens with one attached hydrogen (secondary N) is 1. The molecule has 1 aliphatic heterocycles. The van der Waals surface area contributed by atoms with E-state index in [-0.39, 0.29) is 5.75 Å². The summed E-state index contributed by atoms with van der Waals surface area (Å²) in [5.41, 5.74) is -1.51. The van der Waals surface area contributed by atoms with Crippen molar-refractivity contribution in [2.24, 2.45) is 0 Å². The quantitative estimate of drug-likeness (QED) is 0.326. The Morgan fingerprint density at radius 1 is 1.14 bits per heavy atom. The van der Waals surface area contributed by atoms with Crippen LogP contribution in [0.15, 0.2) is 60.7 Å². The molecule has 3 rings (SSSR count). The van der Waals surface area contributed by atoms with Crippen molar-refractivity contribution in [1.82, 2.24) is 5.09 Å². The Hall–Kier alpha value is -2.77. The van der Waals surface area contributed by atoms with E-state index in [1.54, 1.807) is 62.4 Å². The molecule has 1 saturated heterocycles. The third-order valence-electron chi connectivity index (χ3n) is 5.24. The third kappa shape index (κ3) is 6.47. The lowest BCUT2D eigenvalue weighted by molar-refractivity contribution is -0.149. The van der Waals surface area contributed by atoms with Crippen molar-refractivity contribution in [1.29, 1.82) is 5.26 Å². The summed E-state index contributed by atoms with van der Waals surface area (Å²) in [5.74, 6) is -0.513. The number of esters is 1. The lowest BCUT2D eigenvalue weighted by Gasteiger charge is -2.28. The number of aliphatic hydroxyl groups is 2. The molecule has 0 bridgehead atoms. The second-order valence-electron chi connectivity index (χ2n) is 8.40. The minimum atomic E-state index is -4.32. The molecule has 1 fully saturated rings. The van der Waals surface area contributed by atoms with Gasteiger partial charge in [0.2, 0.25) is 5.60 Å². The number of ether oxygens (including phenoxy) is 2. The molecule has 1 heterocycles. The highest BCUT2D eigenvalue weighted by Gasteiger charge is 2.56. The van der Waals surface area contributed by atoms with Crippen LogP contribution in [0.5, 0.6) is 5.75 Å². The summed E-state index contributed by atoms with van der Waals surface area (Å²) in [5, 5.41) is 33.7. The second-order valence-corrected chi connectivity index (χ2v) is 10.1. The Bertz CT molecular complexity index is 1080. The number of nitriles is 1. The standard InChI is InChI=1S/C24H29N2O8P/c1-16(2)32-23(29)17(3)26-35(30,34-19-12-8-5-9-13-19)31-15-24(14-25)22(28)20(27)21(33-24)18-10-6-4-7-11-18/h4-13,16-17,20-22,27-28H,15H2,1-3H3,(H,26,30)/t17-,20-,21-,22-,24+,35-/m0/s1. The lowest BCUT2D eigenvalue weighted by Crippen LogP contribution is -2.46. The molecule has 3 N–H and O–H groups in total. The van der Waals surface area contributed by atoms with Crippen molar-refractivity contribution in [2.75, 3.05) is 6.61 Å². The van der Waals surface area contributed by atoms with Gasteiger partial charge in [-0.05, 0) is 38.5 Å². The molecule has 11 heteroatoms. The molecule has 188 valence electrons. The van der Waals surface area contributed by atoms with E-state index in [4.69, 9.17) is 18.5 Å². The van der Waals surface area contributed by atoms with E-state index in [2.05, 4.69) is 5.09 Å². The summed E-state index contributed by atoms with van der Waals surface area (Å²) < 4.78 is 35.7. The van der Waals surface area contributed by atoms with Gasteiger partial charge in [0.05, 0.1) is 6.10 Å². The number of para-hydroxylation sites is 1. The molecular formula is C24H29N2O8P. The van der Waals surface area contributed by atoms with Crippen LogP contribution < -0.4 is 9.61 Å². The van der Waals surface area contributed by atoms with Crippen LogP contribution in [0.25, 0.3) is 0 Å².